The summed E-state index contributed by atoms with van der Waals surface area (Å²) in [5.74, 6) is 1.01. The molecule has 0 N–H and O–H groups in total. The van der Waals surface area contributed by atoms with Gasteiger partial charge in [0.15, 0.2) is 0 Å². The van der Waals surface area contributed by atoms with E-state index in [1.165, 1.54) is 25.7 Å². The minimum absolute atomic E-state index is 0.358. The number of hydrogen-bond donors (Lipinski definition) is 0. The Bertz CT molecular complexity index is 395. The Kier molecular flexibility index (Phi) is 3.35. The summed E-state index contributed by atoms with van der Waals surface area (Å²) in [5.41, 5.74) is 0. The van der Waals surface area contributed by atoms with Gasteiger partial charge in [-0.3, -0.25) is 9.48 Å². The first-order valence-corrected chi connectivity index (χ1v) is 7.10. The standard InChI is InChI=1S/C14H21N3O/c18-14(10-12-4-1-2-5-12)16-9-6-13(11-16)17-8-3-7-15-17/h3,7-8,12-13H,1-2,4-6,9-11H2. The number of amides is 1. The fourth-order valence-electron chi connectivity index (χ4n) is 3.27. The second-order valence-corrected chi connectivity index (χ2v) is 5.62. The van der Waals surface area contributed by atoms with Crippen LogP contribution in [0, 0.1) is 5.92 Å². The highest BCUT2D eigenvalue weighted by Gasteiger charge is 2.29. The van der Waals surface area contributed by atoms with E-state index in [1.807, 2.05) is 28.0 Å². The molecule has 1 unspecified atom stereocenters. The first-order chi connectivity index (χ1) is 8.83. The number of hydrogen-bond acceptors (Lipinski definition) is 2. The second-order valence-electron chi connectivity index (χ2n) is 5.62. The minimum atomic E-state index is 0.358. The topological polar surface area (TPSA) is 38.1 Å². The fourth-order valence-corrected chi connectivity index (χ4v) is 3.27. The third-order valence-electron chi connectivity index (χ3n) is 4.35. The molecule has 1 aromatic heterocycles. The molecule has 0 bridgehead atoms. The highest BCUT2D eigenvalue weighted by molar-refractivity contribution is 5.76. The average molecular weight is 247 g/mol. The van der Waals surface area contributed by atoms with Crippen LogP contribution in [0.3, 0.4) is 0 Å². The Balaban J connectivity index is 1.53. The van der Waals surface area contributed by atoms with Gasteiger partial charge >= 0.3 is 0 Å². The summed E-state index contributed by atoms with van der Waals surface area (Å²) in [4.78, 5) is 14.2. The number of rotatable bonds is 3. The molecule has 3 rings (SSSR count). The quantitative estimate of drug-likeness (QED) is 0.821. The molecule has 2 fully saturated rings. The molecule has 1 aromatic rings. The Morgan fingerprint density at radius 3 is 2.83 bits per heavy atom. The van der Waals surface area contributed by atoms with Crippen molar-refractivity contribution in [1.82, 2.24) is 14.7 Å². The molecule has 1 aliphatic heterocycles. The predicted molar refractivity (Wildman–Crippen MR) is 69.0 cm³/mol. The number of aromatic nitrogens is 2. The van der Waals surface area contributed by atoms with Crippen molar-refractivity contribution in [3.63, 3.8) is 0 Å². The van der Waals surface area contributed by atoms with Gasteiger partial charge in [0.25, 0.3) is 0 Å². The van der Waals surface area contributed by atoms with Crippen molar-refractivity contribution in [2.75, 3.05) is 13.1 Å². The molecule has 1 amide bonds. The van der Waals surface area contributed by atoms with Crippen LogP contribution in [0.15, 0.2) is 18.5 Å². The second kappa shape index (κ2) is 5.12. The lowest BCUT2D eigenvalue weighted by Crippen LogP contribution is -2.30. The molecule has 2 heterocycles. The molecule has 0 aromatic carbocycles. The van der Waals surface area contributed by atoms with Gasteiger partial charge in [0.1, 0.15) is 0 Å². The zero-order chi connectivity index (χ0) is 12.4. The van der Waals surface area contributed by atoms with Crippen molar-refractivity contribution < 1.29 is 4.79 Å². The van der Waals surface area contributed by atoms with Crippen molar-refractivity contribution in [3.05, 3.63) is 18.5 Å². The van der Waals surface area contributed by atoms with E-state index in [-0.39, 0.29) is 0 Å². The lowest BCUT2D eigenvalue weighted by atomic mass is 10.0. The fraction of sp³-hybridized carbons (Fsp3) is 0.714. The van der Waals surface area contributed by atoms with Crippen LogP contribution >= 0.6 is 0 Å². The maximum absolute atomic E-state index is 12.2. The maximum Gasteiger partial charge on any atom is 0.222 e. The molecule has 1 atom stereocenters. The summed E-state index contributed by atoms with van der Waals surface area (Å²) in [6.45, 7) is 1.74. The molecular weight excluding hydrogens is 226 g/mol. The van der Waals surface area contributed by atoms with Gasteiger partial charge in [-0.05, 0) is 31.2 Å². The van der Waals surface area contributed by atoms with Crippen molar-refractivity contribution in [2.45, 2.75) is 44.6 Å². The van der Waals surface area contributed by atoms with Gasteiger partial charge in [0.2, 0.25) is 5.91 Å². The maximum atomic E-state index is 12.2. The molecule has 1 aliphatic carbocycles. The van der Waals surface area contributed by atoms with Crippen molar-refractivity contribution in [1.29, 1.82) is 0 Å². The summed E-state index contributed by atoms with van der Waals surface area (Å²) in [6, 6.07) is 2.33. The molecule has 4 nitrogen and oxygen atoms in total. The highest BCUT2D eigenvalue weighted by atomic mass is 16.2. The van der Waals surface area contributed by atoms with E-state index in [2.05, 4.69) is 5.10 Å². The monoisotopic (exact) mass is 247 g/mol. The largest absolute Gasteiger partial charge is 0.340 e. The van der Waals surface area contributed by atoms with Crippen LogP contribution in [0.5, 0.6) is 0 Å². The van der Waals surface area contributed by atoms with E-state index in [9.17, 15) is 4.79 Å². The molecule has 4 heteroatoms. The summed E-state index contributed by atoms with van der Waals surface area (Å²) in [5, 5.41) is 4.27. The summed E-state index contributed by atoms with van der Waals surface area (Å²) in [6.07, 6.45) is 10.7. The molecule has 2 aliphatic rings. The number of nitrogens with zero attached hydrogens (tertiary/aromatic N) is 3. The van der Waals surface area contributed by atoms with Crippen molar-refractivity contribution in [2.24, 2.45) is 5.92 Å². The summed E-state index contributed by atoms with van der Waals surface area (Å²) < 4.78 is 1.99. The van der Waals surface area contributed by atoms with Crippen LogP contribution in [-0.4, -0.2) is 33.7 Å². The lowest BCUT2D eigenvalue weighted by Gasteiger charge is -2.18. The molecular formula is C14H21N3O. The van der Waals surface area contributed by atoms with Gasteiger partial charge in [-0.15, -0.1) is 0 Å². The smallest absolute Gasteiger partial charge is 0.222 e. The SMILES string of the molecule is O=C(CC1CCCC1)N1CCC(n2cccn2)C1. The third kappa shape index (κ3) is 2.42. The summed E-state index contributed by atoms with van der Waals surface area (Å²) in [7, 11) is 0. The van der Waals surface area contributed by atoms with E-state index in [0.29, 0.717) is 17.9 Å². The number of carbonyl (C=O) groups is 1. The molecule has 0 radical (unpaired) electrons. The van der Waals surface area contributed by atoms with Crippen LogP contribution in [0.2, 0.25) is 0 Å². The first kappa shape index (κ1) is 11.8. The zero-order valence-corrected chi connectivity index (χ0v) is 10.8. The Morgan fingerprint density at radius 1 is 1.28 bits per heavy atom. The third-order valence-corrected chi connectivity index (χ3v) is 4.35. The van der Waals surface area contributed by atoms with E-state index >= 15 is 0 Å². The average Bonchev–Trinajstić information content (AvgIpc) is 3.11. The van der Waals surface area contributed by atoms with Gasteiger partial charge < -0.3 is 4.90 Å². The van der Waals surface area contributed by atoms with Crippen molar-refractivity contribution >= 4 is 5.91 Å². The molecule has 1 saturated carbocycles. The highest BCUT2D eigenvalue weighted by Crippen LogP contribution is 2.29. The Hall–Kier alpha value is -1.32. The minimum Gasteiger partial charge on any atom is -0.340 e. The molecule has 1 saturated heterocycles. The Labute approximate surface area is 108 Å². The van der Waals surface area contributed by atoms with Gasteiger partial charge in [-0.25, -0.2) is 0 Å². The molecule has 98 valence electrons. The van der Waals surface area contributed by atoms with Gasteiger partial charge in [-0.1, -0.05) is 12.8 Å². The van der Waals surface area contributed by atoms with Gasteiger partial charge in [0.05, 0.1) is 6.04 Å². The van der Waals surface area contributed by atoms with Gasteiger partial charge in [0, 0.05) is 31.9 Å². The van der Waals surface area contributed by atoms with Crippen LogP contribution in [0.4, 0.5) is 0 Å². The van der Waals surface area contributed by atoms with E-state index < -0.39 is 0 Å². The number of likely N-dealkylation sites (tertiary alicyclic amines) is 1. The van der Waals surface area contributed by atoms with E-state index in [4.69, 9.17) is 0 Å². The van der Waals surface area contributed by atoms with Crippen LogP contribution in [-0.2, 0) is 4.79 Å². The van der Waals surface area contributed by atoms with Crippen molar-refractivity contribution in [3.8, 4) is 0 Å². The first-order valence-electron chi connectivity index (χ1n) is 7.10. The van der Waals surface area contributed by atoms with Gasteiger partial charge in [-0.2, -0.15) is 5.10 Å². The number of carbonyl (C=O) groups excluding carboxylic acids is 1. The van der Waals surface area contributed by atoms with E-state index in [0.717, 1.165) is 25.9 Å². The molecule has 18 heavy (non-hydrogen) atoms. The predicted octanol–water partition coefficient (Wildman–Crippen LogP) is 2.24. The zero-order valence-electron chi connectivity index (χ0n) is 10.8. The normalized spacial score (nSPS) is 24.9. The van der Waals surface area contributed by atoms with Crippen LogP contribution < -0.4 is 0 Å². The molecule has 0 spiro atoms. The lowest BCUT2D eigenvalue weighted by molar-refractivity contribution is -0.131. The Morgan fingerprint density at radius 2 is 2.11 bits per heavy atom. The van der Waals surface area contributed by atoms with E-state index in [1.54, 1.807) is 0 Å². The van der Waals surface area contributed by atoms with Crippen LogP contribution in [0.25, 0.3) is 0 Å². The summed E-state index contributed by atoms with van der Waals surface area (Å²) >= 11 is 0. The van der Waals surface area contributed by atoms with Crippen LogP contribution in [0.1, 0.15) is 44.6 Å².